The number of nitrogens with one attached hydrogen (secondary N) is 1. The first-order valence-electron chi connectivity index (χ1n) is 8.06. The van der Waals surface area contributed by atoms with Gasteiger partial charge in [-0.1, -0.05) is 23.2 Å². The van der Waals surface area contributed by atoms with Gasteiger partial charge in [0.25, 0.3) is 0 Å². The van der Waals surface area contributed by atoms with Crippen LogP contribution in [0.15, 0.2) is 12.1 Å². The van der Waals surface area contributed by atoms with E-state index in [1.165, 1.54) is 37.8 Å². The molecule has 0 saturated heterocycles. The smallest absolute Gasteiger partial charge is 0.317 e. The van der Waals surface area contributed by atoms with Crippen LogP contribution < -0.4 is 5.32 Å². The number of halogens is 3. The Bertz CT molecular complexity index is 605. The number of carbonyl (C=O) groups is 1. The molecule has 0 bridgehead atoms. The Morgan fingerprint density at radius 3 is 2.30 bits per heavy atom. The van der Waals surface area contributed by atoms with Crippen molar-refractivity contribution in [1.29, 1.82) is 0 Å². The number of nitrogens with zero attached hydrogens (tertiary/aromatic N) is 1. The fourth-order valence-electron chi connectivity index (χ4n) is 3.26. The molecule has 0 spiro atoms. The second-order valence-electron chi connectivity index (χ2n) is 6.74. The minimum absolute atomic E-state index is 0.0167. The molecule has 0 aromatic heterocycles. The van der Waals surface area contributed by atoms with Crippen LogP contribution in [0.5, 0.6) is 0 Å². The van der Waals surface area contributed by atoms with E-state index in [0.717, 1.165) is 0 Å². The zero-order valence-electron chi connectivity index (χ0n) is 13.3. The van der Waals surface area contributed by atoms with Gasteiger partial charge in [0.1, 0.15) is 5.82 Å². The van der Waals surface area contributed by atoms with Crippen molar-refractivity contribution in [2.45, 2.75) is 44.7 Å². The molecule has 6 heteroatoms. The maximum Gasteiger partial charge on any atom is 0.317 e. The molecule has 1 aromatic rings. The van der Waals surface area contributed by atoms with Gasteiger partial charge in [0.2, 0.25) is 0 Å². The minimum Gasteiger partial charge on any atom is -0.331 e. The lowest BCUT2D eigenvalue weighted by Gasteiger charge is -2.30. The van der Waals surface area contributed by atoms with Crippen molar-refractivity contribution in [2.75, 3.05) is 7.05 Å². The molecule has 2 saturated carbocycles. The number of hydrogen-bond donors (Lipinski definition) is 1. The summed E-state index contributed by atoms with van der Waals surface area (Å²) < 4.78 is 13.7. The Morgan fingerprint density at radius 2 is 1.78 bits per heavy atom. The van der Waals surface area contributed by atoms with Crippen LogP contribution in [0.25, 0.3) is 0 Å². The quantitative estimate of drug-likeness (QED) is 0.736. The normalized spacial score (nSPS) is 18.9. The molecule has 1 unspecified atom stereocenters. The fourth-order valence-corrected chi connectivity index (χ4v) is 3.81. The first-order chi connectivity index (χ1) is 10.9. The lowest BCUT2D eigenvalue weighted by atomic mass is 10.1. The highest BCUT2D eigenvalue weighted by atomic mass is 35.5. The lowest BCUT2D eigenvalue weighted by Crippen LogP contribution is -2.46. The lowest BCUT2D eigenvalue weighted by molar-refractivity contribution is 0.171. The van der Waals surface area contributed by atoms with Gasteiger partial charge in [0, 0.05) is 18.1 Å². The summed E-state index contributed by atoms with van der Waals surface area (Å²) in [6.45, 7) is 1.80. The predicted octanol–water partition coefficient (Wildman–Crippen LogP) is 5.02. The fraction of sp³-hybridized carbons (Fsp3) is 0.588. The minimum atomic E-state index is -0.533. The molecule has 3 nitrogen and oxygen atoms in total. The summed E-state index contributed by atoms with van der Waals surface area (Å²) in [7, 11) is 1.85. The van der Waals surface area contributed by atoms with Crippen molar-refractivity contribution in [2.24, 2.45) is 11.8 Å². The maximum atomic E-state index is 13.7. The maximum absolute atomic E-state index is 13.7. The number of benzene rings is 1. The van der Waals surface area contributed by atoms with Crippen molar-refractivity contribution >= 4 is 29.2 Å². The molecule has 2 aliphatic carbocycles. The second-order valence-corrected chi connectivity index (χ2v) is 7.55. The zero-order valence-corrected chi connectivity index (χ0v) is 14.8. The van der Waals surface area contributed by atoms with E-state index in [1.54, 1.807) is 6.92 Å². The van der Waals surface area contributed by atoms with E-state index in [2.05, 4.69) is 5.32 Å². The molecule has 2 amide bonds. The van der Waals surface area contributed by atoms with Gasteiger partial charge >= 0.3 is 6.03 Å². The van der Waals surface area contributed by atoms with E-state index < -0.39 is 5.82 Å². The Kier molecular flexibility index (Phi) is 4.75. The molecule has 1 aromatic carbocycles. The average molecular weight is 359 g/mol. The third-order valence-electron chi connectivity index (χ3n) is 4.82. The van der Waals surface area contributed by atoms with E-state index >= 15 is 0 Å². The van der Waals surface area contributed by atoms with Crippen LogP contribution in [0.2, 0.25) is 10.0 Å². The van der Waals surface area contributed by atoms with Crippen molar-refractivity contribution in [1.82, 2.24) is 10.2 Å². The van der Waals surface area contributed by atoms with Crippen LogP contribution in [0.3, 0.4) is 0 Å². The summed E-state index contributed by atoms with van der Waals surface area (Å²) in [6.07, 6.45) is 4.84. The summed E-state index contributed by atoms with van der Waals surface area (Å²) in [4.78, 5) is 14.4. The summed E-state index contributed by atoms with van der Waals surface area (Å²) in [6, 6.07) is 2.47. The number of carbonyl (C=O) groups excluding carboxylic acids is 1. The molecular formula is C17H21Cl2FN2O. The van der Waals surface area contributed by atoms with E-state index in [9.17, 15) is 9.18 Å². The highest BCUT2D eigenvalue weighted by molar-refractivity contribution is 6.35. The molecule has 1 atom stereocenters. The van der Waals surface area contributed by atoms with Crippen molar-refractivity contribution in [3.05, 3.63) is 33.6 Å². The largest absolute Gasteiger partial charge is 0.331 e. The van der Waals surface area contributed by atoms with Gasteiger partial charge in [-0.3, -0.25) is 0 Å². The van der Waals surface area contributed by atoms with Crippen LogP contribution >= 0.6 is 23.2 Å². The van der Waals surface area contributed by atoms with Gasteiger partial charge in [-0.05, 0) is 62.1 Å². The number of hydrogen-bond acceptors (Lipinski definition) is 1. The SMILES string of the molecule is CC(NC(=O)N(C)C(C1CC1)C1CC1)c1cc(F)c(Cl)cc1Cl. The number of urea groups is 1. The molecule has 0 radical (unpaired) electrons. The average Bonchev–Trinajstić information content (AvgIpc) is 3.36. The molecule has 3 rings (SSSR count). The zero-order chi connectivity index (χ0) is 16.7. The van der Waals surface area contributed by atoms with E-state index in [4.69, 9.17) is 23.2 Å². The van der Waals surface area contributed by atoms with Gasteiger partial charge in [-0.15, -0.1) is 0 Å². The van der Waals surface area contributed by atoms with E-state index in [0.29, 0.717) is 28.5 Å². The van der Waals surface area contributed by atoms with Gasteiger partial charge in [0.05, 0.1) is 11.1 Å². The molecule has 2 aliphatic rings. The summed E-state index contributed by atoms with van der Waals surface area (Å²) in [5.41, 5.74) is 0.532. The van der Waals surface area contributed by atoms with Crippen LogP contribution in [-0.2, 0) is 0 Å². The molecule has 1 N–H and O–H groups in total. The monoisotopic (exact) mass is 358 g/mol. The molecule has 0 heterocycles. The molecule has 0 aliphatic heterocycles. The van der Waals surface area contributed by atoms with Crippen LogP contribution in [-0.4, -0.2) is 24.0 Å². The highest BCUT2D eigenvalue weighted by Gasteiger charge is 2.45. The predicted molar refractivity (Wildman–Crippen MR) is 90.4 cm³/mol. The van der Waals surface area contributed by atoms with Gasteiger partial charge in [0.15, 0.2) is 0 Å². The molecule has 126 valence electrons. The van der Waals surface area contributed by atoms with Crippen LogP contribution in [0, 0.1) is 17.7 Å². The molecule has 23 heavy (non-hydrogen) atoms. The van der Waals surface area contributed by atoms with Crippen LogP contribution in [0.4, 0.5) is 9.18 Å². The van der Waals surface area contributed by atoms with Crippen molar-refractivity contribution < 1.29 is 9.18 Å². The van der Waals surface area contributed by atoms with E-state index in [-0.39, 0.29) is 17.1 Å². The van der Waals surface area contributed by atoms with E-state index in [1.807, 2.05) is 11.9 Å². The summed E-state index contributed by atoms with van der Waals surface area (Å²) in [5.74, 6) is 0.754. The Labute approximate surface area is 146 Å². The second kappa shape index (κ2) is 6.48. The highest BCUT2D eigenvalue weighted by Crippen LogP contribution is 2.46. The molecular weight excluding hydrogens is 338 g/mol. The first-order valence-corrected chi connectivity index (χ1v) is 8.82. The number of rotatable bonds is 5. The van der Waals surface area contributed by atoms with Crippen molar-refractivity contribution in [3.63, 3.8) is 0 Å². The third-order valence-corrected chi connectivity index (χ3v) is 5.44. The number of amides is 2. The van der Waals surface area contributed by atoms with Gasteiger partial charge < -0.3 is 10.2 Å². The topological polar surface area (TPSA) is 32.3 Å². The Balaban J connectivity index is 1.68. The first kappa shape index (κ1) is 16.8. The van der Waals surface area contributed by atoms with Crippen molar-refractivity contribution in [3.8, 4) is 0 Å². The van der Waals surface area contributed by atoms with Crippen LogP contribution in [0.1, 0.15) is 44.2 Å². The Morgan fingerprint density at radius 1 is 1.22 bits per heavy atom. The van der Waals surface area contributed by atoms with Gasteiger partial charge in [-0.25, -0.2) is 9.18 Å². The van der Waals surface area contributed by atoms with Gasteiger partial charge in [-0.2, -0.15) is 0 Å². The summed E-state index contributed by atoms with van der Waals surface area (Å²) in [5, 5.41) is 3.26. The Hall–Kier alpha value is -1.00. The standard InChI is InChI=1S/C17H21Cl2FN2O/c1-9(12-7-15(20)14(19)8-13(12)18)21-17(23)22(2)16(10-3-4-10)11-5-6-11/h7-11,16H,3-6H2,1-2H3,(H,21,23). The summed E-state index contributed by atoms with van der Waals surface area (Å²) >= 11 is 11.8. The third kappa shape index (κ3) is 3.74. The molecule has 2 fully saturated rings.